The molecule has 0 saturated carbocycles. The van der Waals surface area contributed by atoms with Gasteiger partial charge < -0.3 is 0 Å². The van der Waals surface area contributed by atoms with Gasteiger partial charge in [0.2, 0.25) is 0 Å². The van der Waals surface area contributed by atoms with Crippen LogP contribution in [0.5, 0.6) is 0 Å². The van der Waals surface area contributed by atoms with E-state index in [9.17, 15) is 4.79 Å². The number of carbonyl (C=O) groups is 1. The van der Waals surface area contributed by atoms with E-state index < -0.39 is 0 Å². The zero-order valence-electron chi connectivity index (χ0n) is 8.10. The highest BCUT2D eigenvalue weighted by atomic mass is 35.5. The Morgan fingerprint density at radius 3 is 1.85 bits per heavy atom. The molecule has 3 heteroatoms. The van der Waals surface area contributed by atoms with Crippen molar-refractivity contribution in [3.63, 3.8) is 0 Å². The number of hydrogen-bond acceptors (Lipinski definition) is 1. The largest absolute Gasteiger partial charge is 0.288 e. The summed E-state index contributed by atoms with van der Waals surface area (Å²) in [5, 5.41) is 0.0159. The third-order valence-corrected chi connectivity index (χ3v) is 2.52. The molecule has 1 nitrogen and oxygen atoms in total. The molecular weight excluding hydrogens is 204 g/mol. The van der Waals surface area contributed by atoms with Crippen LogP contribution in [0, 0.1) is 0 Å². The molecule has 0 aliphatic carbocycles. The van der Waals surface area contributed by atoms with Crippen molar-refractivity contribution in [3.8, 4) is 0 Å². The van der Waals surface area contributed by atoms with Gasteiger partial charge in [-0.15, -0.1) is 24.2 Å². The van der Waals surface area contributed by atoms with Gasteiger partial charge in [0.25, 0.3) is 0 Å². The predicted octanol–water partition coefficient (Wildman–Crippen LogP) is 3.80. The molecule has 0 atom stereocenters. The van der Waals surface area contributed by atoms with E-state index in [1.807, 2.05) is 0 Å². The molecule has 0 saturated heterocycles. The van der Waals surface area contributed by atoms with E-state index >= 15 is 0 Å². The smallest absolute Gasteiger partial charge is 0.185 e. The Labute approximate surface area is 91.6 Å². The van der Waals surface area contributed by atoms with Gasteiger partial charge in [-0.05, 0) is 12.8 Å². The highest BCUT2D eigenvalue weighted by Crippen LogP contribution is 2.09. The summed E-state index contributed by atoms with van der Waals surface area (Å²) in [5.41, 5.74) is 0. The molecular formula is C10H19ClOS. The highest BCUT2D eigenvalue weighted by Gasteiger charge is 1.94. The van der Waals surface area contributed by atoms with E-state index in [2.05, 4.69) is 12.6 Å². The maximum Gasteiger partial charge on any atom is 0.185 e. The summed E-state index contributed by atoms with van der Waals surface area (Å²) in [4.78, 5) is 10.5. The monoisotopic (exact) mass is 222 g/mol. The van der Waals surface area contributed by atoms with E-state index in [1.54, 1.807) is 0 Å². The van der Waals surface area contributed by atoms with Crippen molar-refractivity contribution < 1.29 is 4.79 Å². The van der Waals surface area contributed by atoms with Crippen LogP contribution in [0.15, 0.2) is 0 Å². The predicted molar refractivity (Wildman–Crippen MR) is 61.6 cm³/mol. The van der Waals surface area contributed by atoms with Gasteiger partial charge in [0, 0.05) is 12.3 Å². The number of alkyl halides is 1. The summed E-state index contributed by atoms with van der Waals surface area (Å²) < 4.78 is 0. The first-order valence-corrected chi connectivity index (χ1v) is 6.03. The van der Waals surface area contributed by atoms with Crippen LogP contribution in [0.25, 0.3) is 0 Å². The lowest BCUT2D eigenvalue weighted by atomic mass is 10.1. The van der Waals surface area contributed by atoms with Gasteiger partial charge in [-0.1, -0.05) is 32.1 Å². The standard InChI is InChI=1S/C10H19ClOS/c11-9-7-5-3-1-2-4-6-8-10(12)13/h1-9H2,(H,12,13). The van der Waals surface area contributed by atoms with E-state index in [1.165, 1.54) is 25.7 Å². The van der Waals surface area contributed by atoms with Crippen LogP contribution in [0.2, 0.25) is 0 Å². The Morgan fingerprint density at radius 1 is 0.923 bits per heavy atom. The lowest BCUT2D eigenvalue weighted by molar-refractivity contribution is -0.110. The summed E-state index contributed by atoms with van der Waals surface area (Å²) in [6.45, 7) is 0. The lowest BCUT2D eigenvalue weighted by Crippen LogP contribution is -1.86. The normalized spacial score (nSPS) is 10.3. The third kappa shape index (κ3) is 12.3. The number of hydrogen-bond donors (Lipinski definition) is 1. The molecule has 0 bridgehead atoms. The minimum atomic E-state index is 0.0159. The van der Waals surface area contributed by atoms with Crippen molar-refractivity contribution in [1.82, 2.24) is 0 Å². The van der Waals surface area contributed by atoms with Crippen molar-refractivity contribution in [2.24, 2.45) is 0 Å². The number of thiol groups is 1. The average molecular weight is 223 g/mol. The quantitative estimate of drug-likeness (QED) is 0.357. The van der Waals surface area contributed by atoms with Crippen LogP contribution in [-0.2, 0) is 4.79 Å². The number of halogens is 1. The molecule has 0 N–H and O–H groups in total. The Kier molecular flexibility index (Phi) is 10.6. The number of unbranched alkanes of at least 4 members (excludes halogenated alkanes) is 6. The van der Waals surface area contributed by atoms with Crippen molar-refractivity contribution in [1.29, 1.82) is 0 Å². The third-order valence-electron chi connectivity index (χ3n) is 2.02. The molecule has 0 rings (SSSR count). The van der Waals surface area contributed by atoms with Crippen LogP contribution < -0.4 is 0 Å². The Bertz CT molecular complexity index is 128. The molecule has 0 aromatic heterocycles. The van der Waals surface area contributed by atoms with Gasteiger partial charge in [0.05, 0.1) is 0 Å². The second-order valence-electron chi connectivity index (χ2n) is 3.31. The molecule has 0 heterocycles. The van der Waals surface area contributed by atoms with Gasteiger partial charge in [-0.25, -0.2) is 0 Å². The summed E-state index contributed by atoms with van der Waals surface area (Å²) in [7, 11) is 0. The van der Waals surface area contributed by atoms with Crippen LogP contribution in [0.3, 0.4) is 0 Å². The molecule has 78 valence electrons. The first kappa shape index (κ1) is 13.3. The highest BCUT2D eigenvalue weighted by molar-refractivity contribution is 7.96. The second kappa shape index (κ2) is 10.4. The van der Waals surface area contributed by atoms with Crippen LogP contribution >= 0.6 is 24.2 Å². The van der Waals surface area contributed by atoms with Gasteiger partial charge >= 0.3 is 0 Å². The van der Waals surface area contributed by atoms with Crippen molar-refractivity contribution >= 4 is 29.3 Å². The minimum Gasteiger partial charge on any atom is -0.288 e. The van der Waals surface area contributed by atoms with Crippen LogP contribution in [0.4, 0.5) is 0 Å². The molecule has 0 amide bonds. The van der Waals surface area contributed by atoms with E-state index in [0.29, 0.717) is 6.42 Å². The maximum atomic E-state index is 10.5. The molecule has 0 aromatic rings. The second-order valence-corrected chi connectivity index (χ2v) is 4.18. The van der Waals surface area contributed by atoms with Crippen molar-refractivity contribution in [2.75, 3.05) is 5.88 Å². The topological polar surface area (TPSA) is 17.1 Å². The van der Waals surface area contributed by atoms with Crippen LogP contribution in [0.1, 0.15) is 51.4 Å². The Hall–Kier alpha value is 0.310. The van der Waals surface area contributed by atoms with Crippen LogP contribution in [-0.4, -0.2) is 11.0 Å². The summed E-state index contributed by atoms with van der Waals surface area (Å²) in [6, 6.07) is 0. The zero-order valence-corrected chi connectivity index (χ0v) is 9.75. The van der Waals surface area contributed by atoms with E-state index in [-0.39, 0.29) is 5.12 Å². The number of rotatable bonds is 9. The molecule has 0 unspecified atom stereocenters. The van der Waals surface area contributed by atoms with Gasteiger partial charge in [-0.3, -0.25) is 4.79 Å². The Morgan fingerprint density at radius 2 is 1.38 bits per heavy atom. The van der Waals surface area contributed by atoms with Gasteiger partial charge in [-0.2, -0.15) is 0 Å². The molecule has 0 fully saturated rings. The minimum absolute atomic E-state index is 0.0159. The fourth-order valence-electron chi connectivity index (χ4n) is 1.25. The van der Waals surface area contributed by atoms with Gasteiger partial charge in [0.15, 0.2) is 5.12 Å². The number of carbonyl (C=O) groups excluding carboxylic acids is 1. The van der Waals surface area contributed by atoms with E-state index in [0.717, 1.165) is 25.1 Å². The zero-order chi connectivity index (χ0) is 9.94. The van der Waals surface area contributed by atoms with Crippen molar-refractivity contribution in [2.45, 2.75) is 51.4 Å². The van der Waals surface area contributed by atoms with Gasteiger partial charge in [0.1, 0.15) is 0 Å². The molecule has 0 aliphatic heterocycles. The molecule has 0 spiro atoms. The average Bonchev–Trinajstić information content (AvgIpc) is 2.09. The van der Waals surface area contributed by atoms with E-state index in [4.69, 9.17) is 11.6 Å². The molecule has 13 heavy (non-hydrogen) atoms. The van der Waals surface area contributed by atoms with Crippen molar-refractivity contribution in [3.05, 3.63) is 0 Å². The maximum absolute atomic E-state index is 10.5. The first-order chi connectivity index (χ1) is 6.27. The fourth-order valence-corrected chi connectivity index (χ4v) is 1.60. The lowest BCUT2D eigenvalue weighted by Gasteiger charge is -1.99. The Balaban J connectivity index is 2.87. The molecule has 0 aromatic carbocycles. The molecule has 0 radical (unpaired) electrons. The summed E-state index contributed by atoms with van der Waals surface area (Å²) in [6.07, 6.45) is 8.96. The summed E-state index contributed by atoms with van der Waals surface area (Å²) >= 11 is 9.27. The summed E-state index contributed by atoms with van der Waals surface area (Å²) in [5.74, 6) is 0.786. The first-order valence-electron chi connectivity index (χ1n) is 5.05. The molecule has 0 aliphatic rings. The SMILES string of the molecule is O=C(S)CCCCCCCCCCl. The fraction of sp³-hybridized carbons (Fsp3) is 0.900.